The maximum absolute atomic E-state index is 11.9. The van der Waals surface area contributed by atoms with Gasteiger partial charge in [0.2, 0.25) is 0 Å². The Morgan fingerprint density at radius 2 is 1.92 bits per heavy atom. The fraction of sp³-hybridized carbons (Fsp3) is 0.833. The van der Waals surface area contributed by atoms with Crippen LogP contribution in [0.5, 0.6) is 0 Å². The number of halogens is 4. The molecule has 0 rings (SSSR count). The molecule has 0 bridgehead atoms. The number of rotatable bonds is 4. The Labute approximate surface area is 79.5 Å². The summed E-state index contributed by atoms with van der Waals surface area (Å²) in [7, 11) is 0. The molecule has 1 unspecified atom stereocenters. The molecule has 0 fully saturated rings. The van der Waals surface area contributed by atoms with E-state index in [9.17, 15) is 18.0 Å². The Bertz CT molecular complexity index is 162. The number of hydrogen-bond acceptors (Lipinski definition) is 2. The summed E-state index contributed by atoms with van der Waals surface area (Å²) in [5.74, 6) is -3.27. The molecule has 0 heterocycles. The second kappa shape index (κ2) is 6.04. The van der Waals surface area contributed by atoms with Crippen molar-refractivity contribution in [2.75, 3.05) is 6.54 Å². The van der Waals surface area contributed by atoms with Crippen molar-refractivity contribution in [1.82, 2.24) is 0 Å². The molecule has 0 aromatic heterocycles. The van der Waals surface area contributed by atoms with E-state index in [0.717, 1.165) is 0 Å². The van der Waals surface area contributed by atoms with Gasteiger partial charge >= 0.3 is 12.1 Å². The third-order valence-electron chi connectivity index (χ3n) is 1.40. The Morgan fingerprint density at radius 1 is 1.46 bits per heavy atom. The Kier molecular flexibility index (Phi) is 6.97. The molecule has 3 nitrogen and oxygen atoms in total. The molecule has 7 heteroatoms. The zero-order valence-corrected chi connectivity index (χ0v) is 7.49. The number of hydrogen-bond donors (Lipinski definition) is 2. The number of nitrogens with two attached hydrogens (primary N) is 1. The highest BCUT2D eigenvalue weighted by Crippen LogP contribution is 2.30. The highest BCUT2D eigenvalue weighted by molar-refractivity contribution is 5.85. The van der Waals surface area contributed by atoms with Crippen LogP contribution >= 0.6 is 12.4 Å². The summed E-state index contributed by atoms with van der Waals surface area (Å²) in [6, 6.07) is 0. The third kappa shape index (κ3) is 6.65. The van der Waals surface area contributed by atoms with Crippen molar-refractivity contribution in [2.24, 2.45) is 11.7 Å². The number of carbonyl (C=O) groups is 1. The minimum absolute atomic E-state index is 0. The van der Waals surface area contributed by atoms with E-state index in [1.54, 1.807) is 0 Å². The van der Waals surface area contributed by atoms with E-state index in [4.69, 9.17) is 10.8 Å². The maximum atomic E-state index is 11.9. The highest BCUT2D eigenvalue weighted by atomic mass is 35.5. The minimum atomic E-state index is -4.46. The van der Waals surface area contributed by atoms with Crippen LogP contribution in [-0.2, 0) is 4.79 Å². The molecule has 3 N–H and O–H groups in total. The fourth-order valence-electron chi connectivity index (χ4n) is 0.793. The van der Waals surface area contributed by atoms with Gasteiger partial charge in [0, 0.05) is 0 Å². The summed E-state index contributed by atoms with van der Waals surface area (Å²) < 4.78 is 35.8. The first-order valence-corrected chi connectivity index (χ1v) is 3.36. The van der Waals surface area contributed by atoms with E-state index < -0.39 is 24.5 Å². The largest absolute Gasteiger partial charge is 0.481 e. The van der Waals surface area contributed by atoms with Crippen molar-refractivity contribution < 1.29 is 23.1 Å². The van der Waals surface area contributed by atoms with Crippen LogP contribution in [0.1, 0.15) is 12.8 Å². The lowest BCUT2D eigenvalue weighted by atomic mass is 10.0. The monoisotopic (exact) mass is 221 g/mol. The normalized spacial score (nSPS) is 13.2. The average Bonchev–Trinajstić information content (AvgIpc) is 1.83. The summed E-state index contributed by atoms with van der Waals surface area (Å²) in [4.78, 5) is 9.99. The van der Waals surface area contributed by atoms with Gasteiger partial charge in [-0.05, 0) is 13.0 Å². The quantitative estimate of drug-likeness (QED) is 0.755. The van der Waals surface area contributed by atoms with Gasteiger partial charge in [-0.15, -0.1) is 12.4 Å². The van der Waals surface area contributed by atoms with Gasteiger partial charge in [0.25, 0.3) is 0 Å². The standard InChI is InChI=1S/C6H10F3NO2.ClH/c7-6(8,9)4(1-2-10)3-5(11)12;/h4H,1-3,10H2,(H,11,12);1H. The first kappa shape index (κ1) is 15.0. The lowest BCUT2D eigenvalue weighted by Gasteiger charge is -2.16. The molecule has 0 amide bonds. The first-order chi connectivity index (χ1) is 5.38. The third-order valence-corrected chi connectivity index (χ3v) is 1.40. The lowest BCUT2D eigenvalue weighted by Crippen LogP contribution is -2.27. The zero-order chi connectivity index (χ0) is 9.78. The smallest absolute Gasteiger partial charge is 0.392 e. The molecule has 0 aliphatic rings. The van der Waals surface area contributed by atoms with E-state index in [1.807, 2.05) is 0 Å². The van der Waals surface area contributed by atoms with Crippen molar-refractivity contribution in [3.63, 3.8) is 0 Å². The van der Waals surface area contributed by atoms with Crippen LogP contribution in [0.15, 0.2) is 0 Å². The predicted octanol–water partition coefficient (Wildman–Crippen LogP) is 1.41. The van der Waals surface area contributed by atoms with Gasteiger partial charge in [-0.1, -0.05) is 0 Å². The predicted molar refractivity (Wildman–Crippen MR) is 42.7 cm³/mol. The molecule has 0 aliphatic heterocycles. The molecule has 0 saturated heterocycles. The summed E-state index contributed by atoms with van der Waals surface area (Å²) in [5.41, 5.74) is 4.91. The molecule has 1 atom stereocenters. The summed E-state index contributed by atoms with van der Waals surface area (Å²) in [5, 5.41) is 8.13. The number of carboxylic acids is 1. The van der Waals surface area contributed by atoms with Crippen LogP contribution in [0.2, 0.25) is 0 Å². The number of alkyl halides is 3. The number of aliphatic carboxylic acids is 1. The van der Waals surface area contributed by atoms with Crippen LogP contribution in [0, 0.1) is 5.92 Å². The van der Waals surface area contributed by atoms with Crippen molar-refractivity contribution >= 4 is 18.4 Å². The summed E-state index contributed by atoms with van der Waals surface area (Å²) in [6.07, 6.45) is -5.70. The SMILES string of the molecule is Cl.NCCC(CC(=O)O)C(F)(F)F. The van der Waals surface area contributed by atoms with Crippen molar-refractivity contribution in [3.05, 3.63) is 0 Å². The Hall–Kier alpha value is -0.490. The molecule has 0 spiro atoms. The first-order valence-electron chi connectivity index (χ1n) is 3.36. The van der Waals surface area contributed by atoms with Crippen molar-refractivity contribution in [1.29, 1.82) is 0 Å². The summed E-state index contributed by atoms with van der Waals surface area (Å²) >= 11 is 0. The molecular formula is C6H11ClF3NO2. The number of carboxylic acid groups (broad SMARTS) is 1. The van der Waals surface area contributed by atoms with Gasteiger partial charge in [0.1, 0.15) is 0 Å². The van der Waals surface area contributed by atoms with E-state index >= 15 is 0 Å². The molecule has 80 valence electrons. The molecule has 0 radical (unpaired) electrons. The fourth-order valence-corrected chi connectivity index (χ4v) is 0.793. The molecule has 13 heavy (non-hydrogen) atoms. The second-order valence-electron chi connectivity index (χ2n) is 2.41. The topological polar surface area (TPSA) is 63.3 Å². The van der Waals surface area contributed by atoms with Crippen LogP contribution < -0.4 is 5.73 Å². The van der Waals surface area contributed by atoms with Gasteiger partial charge in [0.15, 0.2) is 0 Å². The van der Waals surface area contributed by atoms with Crippen molar-refractivity contribution in [3.8, 4) is 0 Å². The molecule has 0 aromatic rings. The van der Waals surface area contributed by atoms with Crippen LogP contribution in [-0.4, -0.2) is 23.8 Å². The molecule has 0 aliphatic carbocycles. The van der Waals surface area contributed by atoms with Crippen LogP contribution in [0.3, 0.4) is 0 Å². The zero-order valence-electron chi connectivity index (χ0n) is 6.67. The van der Waals surface area contributed by atoms with E-state index in [-0.39, 0.29) is 25.4 Å². The lowest BCUT2D eigenvalue weighted by molar-refractivity contribution is -0.183. The van der Waals surface area contributed by atoms with Gasteiger partial charge in [-0.25, -0.2) is 0 Å². The Balaban J connectivity index is 0. The van der Waals surface area contributed by atoms with Gasteiger partial charge < -0.3 is 10.8 Å². The maximum Gasteiger partial charge on any atom is 0.392 e. The van der Waals surface area contributed by atoms with Gasteiger partial charge in [0.05, 0.1) is 12.3 Å². The van der Waals surface area contributed by atoms with Gasteiger partial charge in [-0.2, -0.15) is 13.2 Å². The van der Waals surface area contributed by atoms with E-state index in [1.165, 1.54) is 0 Å². The van der Waals surface area contributed by atoms with Crippen LogP contribution in [0.25, 0.3) is 0 Å². The summed E-state index contributed by atoms with van der Waals surface area (Å²) in [6.45, 7) is -0.155. The van der Waals surface area contributed by atoms with Gasteiger partial charge in [-0.3, -0.25) is 4.79 Å². The van der Waals surface area contributed by atoms with E-state index in [0.29, 0.717) is 0 Å². The molecule has 0 saturated carbocycles. The van der Waals surface area contributed by atoms with Crippen molar-refractivity contribution in [2.45, 2.75) is 19.0 Å². The minimum Gasteiger partial charge on any atom is -0.481 e. The molecular weight excluding hydrogens is 211 g/mol. The molecule has 0 aromatic carbocycles. The second-order valence-corrected chi connectivity index (χ2v) is 2.41. The van der Waals surface area contributed by atoms with Crippen LogP contribution in [0.4, 0.5) is 13.2 Å². The Morgan fingerprint density at radius 3 is 2.15 bits per heavy atom. The highest BCUT2D eigenvalue weighted by Gasteiger charge is 2.39. The average molecular weight is 222 g/mol. The van der Waals surface area contributed by atoms with E-state index in [2.05, 4.69) is 0 Å².